The van der Waals surface area contributed by atoms with Gasteiger partial charge in [-0.1, -0.05) is 12.1 Å². The summed E-state index contributed by atoms with van der Waals surface area (Å²) in [5.41, 5.74) is 8.16. The monoisotopic (exact) mass is 259 g/mol. The summed E-state index contributed by atoms with van der Waals surface area (Å²) in [7, 11) is 0. The van der Waals surface area contributed by atoms with Crippen LogP contribution in [0.5, 0.6) is 0 Å². The van der Waals surface area contributed by atoms with Gasteiger partial charge in [-0.25, -0.2) is 0 Å². The molecular formula is C15H21N3O. The molecule has 2 fully saturated rings. The van der Waals surface area contributed by atoms with Crippen LogP contribution in [0.2, 0.25) is 0 Å². The molecule has 2 unspecified atom stereocenters. The number of carbonyl (C=O) groups is 1. The fourth-order valence-corrected chi connectivity index (χ4v) is 3.38. The number of nitrogens with zero attached hydrogens (tertiary/aromatic N) is 1. The zero-order chi connectivity index (χ0) is 13.4. The van der Waals surface area contributed by atoms with Crippen molar-refractivity contribution in [1.29, 1.82) is 0 Å². The van der Waals surface area contributed by atoms with Gasteiger partial charge >= 0.3 is 0 Å². The van der Waals surface area contributed by atoms with Gasteiger partial charge in [0.1, 0.15) is 0 Å². The maximum atomic E-state index is 12.4. The van der Waals surface area contributed by atoms with Gasteiger partial charge in [0.25, 0.3) is 5.91 Å². The van der Waals surface area contributed by atoms with E-state index in [0.29, 0.717) is 17.3 Å². The molecule has 0 aromatic heterocycles. The first-order valence-corrected chi connectivity index (χ1v) is 7.07. The lowest BCUT2D eigenvalue weighted by molar-refractivity contribution is 0.0930. The van der Waals surface area contributed by atoms with Crippen LogP contribution in [0.25, 0.3) is 0 Å². The van der Waals surface area contributed by atoms with E-state index < -0.39 is 0 Å². The molecule has 0 saturated carbocycles. The quantitative estimate of drug-likeness (QED) is 0.792. The Balaban J connectivity index is 1.73. The highest BCUT2D eigenvalue weighted by Gasteiger charge is 2.37. The van der Waals surface area contributed by atoms with Crippen LogP contribution >= 0.6 is 0 Å². The number of fused-ring (bicyclic) bond motifs is 1. The molecule has 102 valence electrons. The van der Waals surface area contributed by atoms with Crippen molar-refractivity contribution < 1.29 is 4.79 Å². The van der Waals surface area contributed by atoms with Gasteiger partial charge in [-0.3, -0.25) is 9.69 Å². The Morgan fingerprint density at radius 2 is 2.21 bits per heavy atom. The molecule has 1 aromatic carbocycles. The highest BCUT2D eigenvalue weighted by atomic mass is 16.1. The third kappa shape index (κ3) is 2.21. The number of anilines is 1. The summed E-state index contributed by atoms with van der Waals surface area (Å²) in [6.45, 7) is 4.23. The van der Waals surface area contributed by atoms with Crippen LogP contribution in [0.4, 0.5) is 5.69 Å². The molecule has 2 heterocycles. The molecule has 19 heavy (non-hydrogen) atoms. The molecule has 4 heteroatoms. The van der Waals surface area contributed by atoms with Crippen LogP contribution in [0, 0.1) is 6.92 Å². The van der Waals surface area contributed by atoms with E-state index in [-0.39, 0.29) is 11.9 Å². The summed E-state index contributed by atoms with van der Waals surface area (Å²) in [5, 5.41) is 3.17. The zero-order valence-electron chi connectivity index (χ0n) is 11.4. The van der Waals surface area contributed by atoms with Crippen LogP contribution < -0.4 is 11.1 Å². The molecule has 2 saturated heterocycles. The highest BCUT2D eigenvalue weighted by molar-refractivity contribution is 5.99. The molecule has 4 nitrogen and oxygen atoms in total. The maximum Gasteiger partial charge on any atom is 0.253 e. The van der Waals surface area contributed by atoms with E-state index >= 15 is 0 Å². The number of para-hydroxylation sites is 1. The van der Waals surface area contributed by atoms with Crippen molar-refractivity contribution in [2.24, 2.45) is 0 Å². The van der Waals surface area contributed by atoms with Crippen molar-refractivity contribution in [3.05, 3.63) is 29.3 Å². The molecule has 2 aliphatic heterocycles. The van der Waals surface area contributed by atoms with Crippen molar-refractivity contribution in [2.75, 3.05) is 18.8 Å². The summed E-state index contributed by atoms with van der Waals surface area (Å²) in [6, 6.07) is 6.45. The number of amides is 1. The Bertz CT molecular complexity index is 500. The topological polar surface area (TPSA) is 58.4 Å². The van der Waals surface area contributed by atoms with Crippen molar-refractivity contribution in [2.45, 2.75) is 38.3 Å². The fraction of sp³-hybridized carbons (Fsp3) is 0.533. The lowest BCUT2D eigenvalue weighted by Gasteiger charge is -2.21. The van der Waals surface area contributed by atoms with E-state index in [4.69, 9.17) is 5.73 Å². The Hall–Kier alpha value is -1.55. The Morgan fingerprint density at radius 3 is 3.05 bits per heavy atom. The van der Waals surface area contributed by atoms with Crippen molar-refractivity contribution in [3.63, 3.8) is 0 Å². The van der Waals surface area contributed by atoms with Gasteiger partial charge in [0.15, 0.2) is 0 Å². The highest BCUT2D eigenvalue weighted by Crippen LogP contribution is 2.28. The average Bonchev–Trinajstić information content (AvgIpc) is 2.97. The molecule has 0 radical (unpaired) electrons. The van der Waals surface area contributed by atoms with Crippen LogP contribution in [-0.2, 0) is 0 Å². The lowest BCUT2D eigenvalue weighted by Crippen LogP contribution is -2.42. The number of hydrogen-bond acceptors (Lipinski definition) is 3. The first-order chi connectivity index (χ1) is 9.16. The largest absolute Gasteiger partial charge is 0.398 e. The van der Waals surface area contributed by atoms with Crippen LogP contribution in [0.3, 0.4) is 0 Å². The number of rotatable bonds is 2. The minimum Gasteiger partial charge on any atom is -0.398 e. The maximum absolute atomic E-state index is 12.4. The number of aryl methyl sites for hydroxylation is 1. The van der Waals surface area contributed by atoms with Crippen molar-refractivity contribution >= 4 is 11.6 Å². The summed E-state index contributed by atoms with van der Waals surface area (Å²) in [6.07, 6.45) is 3.51. The van der Waals surface area contributed by atoms with Gasteiger partial charge < -0.3 is 11.1 Å². The molecule has 3 N–H and O–H groups in total. The van der Waals surface area contributed by atoms with Crippen LogP contribution in [-0.4, -0.2) is 36.0 Å². The second kappa shape index (κ2) is 4.85. The normalized spacial score (nSPS) is 26.4. The molecule has 2 aliphatic rings. The van der Waals surface area contributed by atoms with E-state index in [9.17, 15) is 4.79 Å². The van der Waals surface area contributed by atoms with Crippen LogP contribution in [0.1, 0.15) is 35.2 Å². The molecular weight excluding hydrogens is 238 g/mol. The smallest absolute Gasteiger partial charge is 0.253 e. The second-order valence-corrected chi connectivity index (χ2v) is 5.65. The lowest BCUT2D eigenvalue weighted by atomic mass is 10.0. The molecule has 1 aromatic rings. The van der Waals surface area contributed by atoms with E-state index in [0.717, 1.165) is 18.5 Å². The van der Waals surface area contributed by atoms with Crippen molar-refractivity contribution in [3.8, 4) is 0 Å². The van der Waals surface area contributed by atoms with Gasteiger partial charge in [-0.15, -0.1) is 0 Å². The predicted octanol–water partition coefficient (Wildman–Crippen LogP) is 1.54. The summed E-state index contributed by atoms with van der Waals surface area (Å²) < 4.78 is 0. The average molecular weight is 259 g/mol. The first kappa shape index (κ1) is 12.5. The third-order valence-electron chi connectivity index (χ3n) is 4.49. The summed E-state index contributed by atoms with van der Waals surface area (Å²) in [5.74, 6) is -0.0278. The van der Waals surface area contributed by atoms with Gasteiger partial charge in [-0.2, -0.15) is 0 Å². The van der Waals surface area contributed by atoms with E-state index in [1.54, 1.807) is 6.07 Å². The van der Waals surface area contributed by atoms with E-state index in [2.05, 4.69) is 10.2 Å². The van der Waals surface area contributed by atoms with Crippen LogP contribution in [0.15, 0.2) is 18.2 Å². The number of carbonyl (C=O) groups excluding carboxylic acids is 1. The summed E-state index contributed by atoms with van der Waals surface area (Å²) >= 11 is 0. The number of hydrogen-bond donors (Lipinski definition) is 2. The number of nitrogens with one attached hydrogen (secondary N) is 1. The van der Waals surface area contributed by atoms with Gasteiger partial charge in [0.05, 0.1) is 5.56 Å². The van der Waals surface area contributed by atoms with Gasteiger partial charge in [-0.05, 0) is 44.4 Å². The molecule has 0 spiro atoms. The molecule has 0 bridgehead atoms. The standard InChI is InChI=1S/C15H21N3O/c1-10-4-2-5-11(14(10)16)15(19)17-12-7-9-18-8-3-6-13(12)18/h2,4-5,12-13H,3,6-9,16H2,1H3,(H,17,19). The summed E-state index contributed by atoms with van der Waals surface area (Å²) in [4.78, 5) is 14.8. The number of nitrogen functional groups attached to an aromatic ring is 1. The number of benzene rings is 1. The Morgan fingerprint density at radius 1 is 1.37 bits per heavy atom. The minimum atomic E-state index is -0.0278. The zero-order valence-corrected chi connectivity index (χ0v) is 11.4. The Kier molecular flexibility index (Phi) is 3.19. The fourth-order valence-electron chi connectivity index (χ4n) is 3.38. The van der Waals surface area contributed by atoms with E-state index in [1.165, 1.54) is 19.4 Å². The molecule has 2 atom stereocenters. The molecule has 0 aliphatic carbocycles. The van der Waals surface area contributed by atoms with E-state index in [1.807, 2.05) is 19.1 Å². The van der Waals surface area contributed by atoms with Gasteiger partial charge in [0.2, 0.25) is 0 Å². The third-order valence-corrected chi connectivity index (χ3v) is 4.49. The Labute approximate surface area is 114 Å². The molecule has 3 rings (SSSR count). The van der Waals surface area contributed by atoms with Gasteiger partial charge in [0, 0.05) is 24.3 Å². The first-order valence-electron chi connectivity index (χ1n) is 7.07. The second-order valence-electron chi connectivity index (χ2n) is 5.65. The predicted molar refractivity (Wildman–Crippen MR) is 76.1 cm³/mol. The van der Waals surface area contributed by atoms with Crippen molar-refractivity contribution in [1.82, 2.24) is 10.2 Å². The molecule has 1 amide bonds. The SMILES string of the molecule is Cc1cccc(C(=O)NC2CCN3CCCC23)c1N. The minimum absolute atomic E-state index is 0.0278. The number of nitrogens with two attached hydrogens (primary N) is 1.